The lowest BCUT2D eigenvalue weighted by molar-refractivity contribution is 0.0186. The van der Waals surface area contributed by atoms with Gasteiger partial charge in [0.1, 0.15) is 0 Å². The number of ether oxygens (including phenoxy) is 1. The van der Waals surface area contributed by atoms with Crippen LogP contribution >= 0.6 is 11.3 Å². The SMILES string of the molecule is CCNC(=NCC(c1ccc(C)s1)N1CCOCC1)NCC1CN(C)CCN1C. The number of aliphatic imine (C=N–C) groups is 1. The lowest BCUT2D eigenvalue weighted by Crippen LogP contribution is -2.55. The van der Waals surface area contributed by atoms with Crippen molar-refractivity contribution < 1.29 is 4.74 Å². The molecule has 3 heterocycles. The molecule has 1 aromatic rings. The van der Waals surface area contributed by atoms with Crippen molar-refractivity contribution in [1.29, 1.82) is 0 Å². The third-order valence-electron chi connectivity index (χ3n) is 5.83. The molecule has 2 unspecified atom stereocenters. The van der Waals surface area contributed by atoms with Crippen molar-refractivity contribution in [1.82, 2.24) is 25.3 Å². The maximum atomic E-state index is 5.57. The molecule has 0 bridgehead atoms. The molecule has 2 N–H and O–H groups in total. The van der Waals surface area contributed by atoms with E-state index in [1.54, 1.807) is 0 Å². The smallest absolute Gasteiger partial charge is 0.191 e. The first kappa shape index (κ1) is 22.5. The minimum absolute atomic E-state index is 0.316. The van der Waals surface area contributed by atoms with Crippen LogP contribution in [0, 0.1) is 6.92 Å². The summed E-state index contributed by atoms with van der Waals surface area (Å²) in [6.45, 7) is 13.8. The summed E-state index contributed by atoms with van der Waals surface area (Å²) in [6, 6.07) is 5.31. The van der Waals surface area contributed by atoms with Crippen LogP contribution in [0.5, 0.6) is 0 Å². The molecule has 0 spiro atoms. The van der Waals surface area contributed by atoms with E-state index in [9.17, 15) is 0 Å². The maximum Gasteiger partial charge on any atom is 0.191 e. The largest absolute Gasteiger partial charge is 0.379 e. The van der Waals surface area contributed by atoms with Crippen LogP contribution in [0.1, 0.15) is 22.7 Å². The summed E-state index contributed by atoms with van der Waals surface area (Å²) in [6.07, 6.45) is 0. The number of morpholine rings is 1. The van der Waals surface area contributed by atoms with Gasteiger partial charge in [0.25, 0.3) is 0 Å². The van der Waals surface area contributed by atoms with E-state index < -0.39 is 0 Å². The number of nitrogens with one attached hydrogen (secondary N) is 2. The predicted molar refractivity (Wildman–Crippen MR) is 122 cm³/mol. The van der Waals surface area contributed by atoms with Gasteiger partial charge in [0.2, 0.25) is 0 Å². The molecular formula is C21H38N6OS. The Labute approximate surface area is 180 Å². The van der Waals surface area contributed by atoms with E-state index in [0.29, 0.717) is 12.1 Å². The van der Waals surface area contributed by atoms with Gasteiger partial charge < -0.3 is 20.3 Å². The molecule has 0 aliphatic carbocycles. The van der Waals surface area contributed by atoms with E-state index >= 15 is 0 Å². The molecule has 164 valence electrons. The third kappa shape index (κ3) is 6.65. The summed E-state index contributed by atoms with van der Waals surface area (Å²) in [7, 11) is 4.42. The molecule has 3 rings (SSSR count). The lowest BCUT2D eigenvalue weighted by atomic mass is 10.2. The topological polar surface area (TPSA) is 55.4 Å². The number of piperazine rings is 1. The Morgan fingerprint density at radius 3 is 2.69 bits per heavy atom. The Morgan fingerprint density at radius 1 is 1.21 bits per heavy atom. The molecular weight excluding hydrogens is 384 g/mol. The van der Waals surface area contributed by atoms with Crippen molar-refractivity contribution >= 4 is 17.3 Å². The number of nitrogens with zero attached hydrogens (tertiary/aromatic N) is 4. The number of aryl methyl sites for hydroxylation is 1. The van der Waals surface area contributed by atoms with Gasteiger partial charge in [-0.05, 0) is 40.1 Å². The van der Waals surface area contributed by atoms with Crippen molar-refractivity contribution in [2.24, 2.45) is 4.99 Å². The highest BCUT2D eigenvalue weighted by atomic mass is 32.1. The number of hydrogen-bond donors (Lipinski definition) is 2. The fraction of sp³-hybridized carbons (Fsp3) is 0.762. The van der Waals surface area contributed by atoms with Crippen molar-refractivity contribution in [3.63, 3.8) is 0 Å². The molecule has 0 amide bonds. The second-order valence-corrected chi connectivity index (χ2v) is 9.43. The van der Waals surface area contributed by atoms with Gasteiger partial charge in [-0.3, -0.25) is 14.8 Å². The molecule has 0 saturated carbocycles. The van der Waals surface area contributed by atoms with Gasteiger partial charge in [-0.1, -0.05) is 0 Å². The van der Waals surface area contributed by atoms with E-state index in [0.717, 1.165) is 71.5 Å². The van der Waals surface area contributed by atoms with Gasteiger partial charge in [0, 0.05) is 61.6 Å². The number of thiophene rings is 1. The second-order valence-electron chi connectivity index (χ2n) is 8.11. The molecule has 2 atom stereocenters. The number of rotatable bonds is 7. The minimum atomic E-state index is 0.316. The van der Waals surface area contributed by atoms with Crippen molar-refractivity contribution in [2.45, 2.75) is 25.9 Å². The van der Waals surface area contributed by atoms with Gasteiger partial charge >= 0.3 is 0 Å². The van der Waals surface area contributed by atoms with E-state index in [2.05, 4.69) is 65.4 Å². The molecule has 2 saturated heterocycles. The van der Waals surface area contributed by atoms with Crippen LogP contribution in [0.4, 0.5) is 0 Å². The highest BCUT2D eigenvalue weighted by molar-refractivity contribution is 7.12. The maximum absolute atomic E-state index is 5.57. The van der Waals surface area contributed by atoms with Crippen LogP contribution < -0.4 is 10.6 Å². The first-order chi connectivity index (χ1) is 14.1. The van der Waals surface area contributed by atoms with Gasteiger partial charge in [-0.25, -0.2) is 0 Å². The van der Waals surface area contributed by atoms with Crippen molar-refractivity contribution in [2.75, 3.05) is 79.7 Å². The van der Waals surface area contributed by atoms with E-state index in [-0.39, 0.29) is 0 Å². The Bertz CT molecular complexity index is 645. The standard InChI is InChI=1S/C21H38N6OS/c1-5-22-21(23-14-18-16-25(3)8-9-26(18)4)24-15-19(20-7-6-17(2)29-20)27-10-12-28-13-11-27/h6-7,18-19H,5,8-16H2,1-4H3,(H2,22,23,24). The highest BCUT2D eigenvalue weighted by Gasteiger charge is 2.25. The molecule has 0 radical (unpaired) electrons. The Morgan fingerprint density at radius 2 is 2.00 bits per heavy atom. The van der Waals surface area contributed by atoms with Crippen LogP contribution in [-0.4, -0.2) is 106 Å². The summed E-state index contributed by atoms with van der Waals surface area (Å²) in [4.78, 5) is 15.1. The third-order valence-corrected chi connectivity index (χ3v) is 6.93. The average Bonchev–Trinajstić information content (AvgIpc) is 3.15. The summed E-state index contributed by atoms with van der Waals surface area (Å²) in [5.74, 6) is 0.917. The summed E-state index contributed by atoms with van der Waals surface area (Å²) in [5.41, 5.74) is 0. The average molecular weight is 423 g/mol. The Balaban J connectivity index is 1.65. The van der Waals surface area contributed by atoms with E-state index in [4.69, 9.17) is 9.73 Å². The monoisotopic (exact) mass is 422 g/mol. The molecule has 29 heavy (non-hydrogen) atoms. The van der Waals surface area contributed by atoms with Crippen LogP contribution in [0.2, 0.25) is 0 Å². The zero-order valence-corrected chi connectivity index (χ0v) is 19.3. The van der Waals surface area contributed by atoms with Gasteiger partial charge in [0.15, 0.2) is 5.96 Å². The van der Waals surface area contributed by atoms with Crippen molar-refractivity contribution in [3.8, 4) is 0 Å². The molecule has 2 aliphatic heterocycles. The van der Waals surface area contributed by atoms with Crippen LogP contribution in [-0.2, 0) is 4.74 Å². The van der Waals surface area contributed by atoms with Crippen LogP contribution in [0.15, 0.2) is 17.1 Å². The Hall–Kier alpha value is -1.19. The number of likely N-dealkylation sites (N-methyl/N-ethyl adjacent to an activating group) is 2. The van der Waals surface area contributed by atoms with Crippen molar-refractivity contribution in [3.05, 3.63) is 21.9 Å². The van der Waals surface area contributed by atoms with Gasteiger partial charge in [-0.15, -0.1) is 11.3 Å². The predicted octanol–water partition coefficient (Wildman–Crippen LogP) is 1.23. The summed E-state index contributed by atoms with van der Waals surface area (Å²) >= 11 is 1.89. The van der Waals surface area contributed by atoms with E-state index in [1.807, 2.05) is 11.3 Å². The molecule has 2 fully saturated rings. The molecule has 7 nitrogen and oxygen atoms in total. The van der Waals surface area contributed by atoms with Gasteiger partial charge in [-0.2, -0.15) is 0 Å². The number of guanidine groups is 1. The fourth-order valence-corrected chi connectivity index (χ4v) is 4.97. The summed E-state index contributed by atoms with van der Waals surface area (Å²) in [5, 5.41) is 7.02. The first-order valence-electron chi connectivity index (χ1n) is 10.9. The normalized spacial score (nSPS) is 23.9. The summed E-state index contributed by atoms with van der Waals surface area (Å²) < 4.78 is 5.57. The Kier molecular flexibility index (Phi) is 8.74. The zero-order chi connectivity index (χ0) is 20.6. The van der Waals surface area contributed by atoms with Crippen LogP contribution in [0.3, 0.4) is 0 Å². The second kappa shape index (κ2) is 11.3. The first-order valence-corrected chi connectivity index (χ1v) is 11.7. The van der Waals surface area contributed by atoms with Gasteiger partial charge in [0.05, 0.1) is 25.8 Å². The lowest BCUT2D eigenvalue weighted by Gasteiger charge is -2.38. The molecule has 0 aromatic carbocycles. The van der Waals surface area contributed by atoms with Crippen LogP contribution in [0.25, 0.3) is 0 Å². The quantitative estimate of drug-likeness (QED) is 0.509. The minimum Gasteiger partial charge on any atom is -0.379 e. The highest BCUT2D eigenvalue weighted by Crippen LogP contribution is 2.28. The fourth-order valence-electron chi connectivity index (χ4n) is 3.96. The number of hydrogen-bond acceptors (Lipinski definition) is 6. The molecule has 2 aliphatic rings. The molecule has 1 aromatic heterocycles. The molecule has 8 heteroatoms. The van der Waals surface area contributed by atoms with E-state index in [1.165, 1.54) is 9.75 Å². The zero-order valence-electron chi connectivity index (χ0n) is 18.5.